The molecule has 1 nitrogen and oxygen atoms in total. The van der Waals surface area contributed by atoms with Crippen molar-refractivity contribution in [1.82, 2.24) is 0 Å². The summed E-state index contributed by atoms with van der Waals surface area (Å²) in [6.45, 7) is 5.86. The molecule has 1 aliphatic rings. The van der Waals surface area contributed by atoms with E-state index < -0.39 is 11.6 Å². The van der Waals surface area contributed by atoms with Crippen LogP contribution in [0.25, 0.3) is 0 Å². The first kappa shape index (κ1) is 11.5. The van der Waals surface area contributed by atoms with E-state index in [0.717, 1.165) is 12.5 Å². The molecule has 0 bridgehead atoms. The van der Waals surface area contributed by atoms with E-state index in [-0.39, 0.29) is 11.5 Å². The molecule has 3 heteroatoms. The van der Waals surface area contributed by atoms with Crippen LogP contribution in [0.2, 0.25) is 0 Å². The summed E-state index contributed by atoms with van der Waals surface area (Å²) in [6, 6.07) is 2.14. The second-order valence-corrected chi connectivity index (χ2v) is 5.45. The minimum Gasteiger partial charge on any atom is -0.324 e. The van der Waals surface area contributed by atoms with E-state index in [1.54, 1.807) is 6.92 Å². The van der Waals surface area contributed by atoms with Gasteiger partial charge in [-0.3, -0.25) is 0 Å². The Morgan fingerprint density at radius 2 is 1.88 bits per heavy atom. The molecule has 1 aromatic carbocycles. The Kier molecular flexibility index (Phi) is 2.54. The van der Waals surface area contributed by atoms with Gasteiger partial charge >= 0.3 is 0 Å². The van der Waals surface area contributed by atoms with Gasteiger partial charge in [0.15, 0.2) is 0 Å². The maximum atomic E-state index is 13.6. The first-order chi connectivity index (χ1) is 7.33. The molecule has 2 unspecified atom stereocenters. The molecule has 1 saturated carbocycles. The third-order valence-corrected chi connectivity index (χ3v) is 3.66. The molecule has 2 rings (SSSR count). The fourth-order valence-corrected chi connectivity index (χ4v) is 2.27. The van der Waals surface area contributed by atoms with E-state index in [4.69, 9.17) is 5.73 Å². The summed E-state index contributed by atoms with van der Waals surface area (Å²) in [5, 5.41) is 0. The Morgan fingerprint density at radius 1 is 1.31 bits per heavy atom. The van der Waals surface area contributed by atoms with Gasteiger partial charge in [0.05, 0.1) is 0 Å². The molecule has 0 saturated heterocycles. The van der Waals surface area contributed by atoms with Gasteiger partial charge in [-0.15, -0.1) is 0 Å². The molecule has 0 heterocycles. The highest BCUT2D eigenvalue weighted by atomic mass is 19.1. The van der Waals surface area contributed by atoms with Gasteiger partial charge in [0.2, 0.25) is 0 Å². The summed E-state index contributed by atoms with van der Waals surface area (Å²) in [5.41, 5.74) is 7.11. The van der Waals surface area contributed by atoms with Crippen molar-refractivity contribution in [1.29, 1.82) is 0 Å². The zero-order chi connectivity index (χ0) is 12.1. The molecule has 0 aliphatic heterocycles. The van der Waals surface area contributed by atoms with Crippen LogP contribution in [0.5, 0.6) is 0 Å². The van der Waals surface area contributed by atoms with Gasteiger partial charge in [0, 0.05) is 17.7 Å². The Labute approximate surface area is 94.7 Å². The SMILES string of the molecule is Cc1cc(C(N)C2CC2(C)C)c(F)cc1F. The lowest BCUT2D eigenvalue weighted by atomic mass is 9.96. The molecular weight excluding hydrogens is 208 g/mol. The van der Waals surface area contributed by atoms with Crippen LogP contribution in [0.15, 0.2) is 12.1 Å². The number of aryl methyl sites for hydroxylation is 1. The Hall–Kier alpha value is -0.960. The molecule has 1 fully saturated rings. The highest BCUT2D eigenvalue weighted by Gasteiger charge is 2.49. The lowest BCUT2D eigenvalue weighted by Gasteiger charge is -2.15. The molecule has 0 radical (unpaired) electrons. The second-order valence-electron chi connectivity index (χ2n) is 5.45. The number of nitrogens with two attached hydrogens (primary N) is 1. The smallest absolute Gasteiger partial charge is 0.130 e. The Morgan fingerprint density at radius 3 is 2.38 bits per heavy atom. The third kappa shape index (κ3) is 1.84. The predicted molar refractivity (Wildman–Crippen MR) is 59.9 cm³/mol. The van der Waals surface area contributed by atoms with Crippen molar-refractivity contribution in [2.24, 2.45) is 17.1 Å². The molecule has 88 valence electrons. The maximum absolute atomic E-state index is 13.6. The standard InChI is InChI=1S/C13H17F2N/c1-7-4-8(11(15)5-10(7)14)12(16)9-6-13(9,2)3/h4-5,9,12H,6,16H2,1-3H3. The van der Waals surface area contributed by atoms with E-state index >= 15 is 0 Å². The summed E-state index contributed by atoms with van der Waals surface area (Å²) in [7, 11) is 0. The van der Waals surface area contributed by atoms with E-state index in [1.807, 2.05) is 0 Å². The highest BCUT2D eigenvalue weighted by Crippen LogP contribution is 2.57. The number of hydrogen-bond acceptors (Lipinski definition) is 1. The summed E-state index contributed by atoms with van der Waals surface area (Å²) in [5.74, 6) is -0.742. The van der Waals surface area contributed by atoms with Crippen molar-refractivity contribution in [3.8, 4) is 0 Å². The monoisotopic (exact) mass is 225 g/mol. The number of hydrogen-bond donors (Lipinski definition) is 1. The fraction of sp³-hybridized carbons (Fsp3) is 0.538. The van der Waals surface area contributed by atoms with Gasteiger partial charge in [-0.25, -0.2) is 8.78 Å². The number of rotatable bonds is 2. The van der Waals surface area contributed by atoms with Crippen LogP contribution in [-0.4, -0.2) is 0 Å². The largest absolute Gasteiger partial charge is 0.324 e. The first-order valence-electron chi connectivity index (χ1n) is 5.54. The second kappa shape index (κ2) is 3.52. The third-order valence-electron chi connectivity index (χ3n) is 3.66. The maximum Gasteiger partial charge on any atom is 0.130 e. The first-order valence-corrected chi connectivity index (χ1v) is 5.54. The molecule has 2 atom stereocenters. The average Bonchev–Trinajstić information content (AvgIpc) is 2.80. The van der Waals surface area contributed by atoms with Crippen LogP contribution in [0.4, 0.5) is 8.78 Å². The summed E-state index contributed by atoms with van der Waals surface area (Å²) in [6.07, 6.45) is 1.00. The normalized spacial score (nSPS) is 24.2. The van der Waals surface area contributed by atoms with Crippen LogP contribution in [0.1, 0.15) is 37.4 Å². The van der Waals surface area contributed by atoms with Crippen LogP contribution in [0.3, 0.4) is 0 Å². The van der Waals surface area contributed by atoms with Gasteiger partial charge in [0.25, 0.3) is 0 Å². The van der Waals surface area contributed by atoms with E-state index in [9.17, 15) is 8.78 Å². The molecule has 0 spiro atoms. The minimum absolute atomic E-state index is 0.189. The molecule has 1 aliphatic carbocycles. The van der Waals surface area contributed by atoms with Crippen molar-refractivity contribution in [3.63, 3.8) is 0 Å². The predicted octanol–water partition coefficient (Wildman–Crippen LogP) is 3.32. The van der Waals surface area contributed by atoms with Crippen LogP contribution >= 0.6 is 0 Å². The number of benzene rings is 1. The molecular formula is C13H17F2N. The minimum atomic E-state index is -0.529. The van der Waals surface area contributed by atoms with Gasteiger partial charge in [-0.05, 0) is 36.3 Å². The average molecular weight is 225 g/mol. The van der Waals surface area contributed by atoms with Crippen LogP contribution in [0, 0.1) is 29.9 Å². The quantitative estimate of drug-likeness (QED) is 0.821. The van der Waals surface area contributed by atoms with Crippen LogP contribution in [-0.2, 0) is 0 Å². The van der Waals surface area contributed by atoms with Crippen molar-refractivity contribution in [2.45, 2.75) is 33.2 Å². The van der Waals surface area contributed by atoms with Gasteiger partial charge in [-0.2, -0.15) is 0 Å². The molecule has 0 aromatic heterocycles. The summed E-state index contributed by atoms with van der Waals surface area (Å²) >= 11 is 0. The zero-order valence-electron chi connectivity index (χ0n) is 9.85. The lowest BCUT2D eigenvalue weighted by molar-refractivity contribution is 0.470. The lowest BCUT2D eigenvalue weighted by Crippen LogP contribution is -2.17. The van der Waals surface area contributed by atoms with Gasteiger partial charge in [0.1, 0.15) is 11.6 Å². The van der Waals surface area contributed by atoms with E-state index in [2.05, 4.69) is 13.8 Å². The van der Waals surface area contributed by atoms with E-state index in [0.29, 0.717) is 17.0 Å². The molecule has 2 N–H and O–H groups in total. The Bertz CT molecular complexity index is 426. The Balaban J connectivity index is 2.31. The molecule has 16 heavy (non-hydrogen) atoms. The summed E-state index contributed by atoms with van der Waals surface area (Å²) in [4.78, 5) is 0. The highest BCUT2D eigenvalue weighted by molar-refractivity contribution is 5.30. The van der Waals surface area contributed by atoms with E-state index in [1.165, 1.54) is 6.07 Å². The van der Waals surface area contributed by atoms with Crippen molar-refractivity contribution in [2.75, 3.05) is 0 Å². The van der Waals surface area contributed by atoms with Crippen molar-refractivity contribution < 1.29 is 8.78 Å². The zero-order valence-corrected chi connectivity index (χ0v) is 9.85. The summed E-state index contributed by atoms with van der Waals surface area (Å²) < 4.78 is 26.7. The van der Waals surface area contributed by atoms with Gasteiger partial charge in [-0.1, -0.05) is 13.8 Å². The van der Waals surface area contributed by atoms with Crippen LogP contribution < -0.4 is 5.73 Å². The molecule has 0 amide bonds. The number of halogens is 2. The van der Waals surface area contributed by atoms with Crippen molar-refractivity contribution >= 4 is 0 Å². The molecule has 1 aromatic rings. The fourth-order valence-electron chi connectivity index (χ4n) is 2.27. The topological polar surface area (TPSA) is 26.0 Å². The van der Waals surface area contributed by atoms with Crippen molar-refractivity contribution in [3.05, 3.63) is 34.9 Å². The van der Waals surface area contributed by atoms with Gasteiger partial charge < -0.3 is 5.73 Å².